The van der Waals surface area contributed by atoms with Gasteiger partial charge in [0.2, 0.25) is 0 Å². The molecular weight excluding hydrogens is 340 g/mol. The Kier molecular flexibility index (Phi) is 4.03. The number of fused-ring (bicyclic) bond motifs is 1. The van der Waals surface area contributed by atoms with Gasteiger partial charge in [-0.25, -0.2) is 4.74 Å². The SMILES string of the molecule is CCc1cnccc1C(=O)Nc1cc2c(cc1C)C(F)(F)OC2(F)F. The summed E-state index contributed by atoms with van der Waals surface area (Å²) in [5.41, 5.74) is -0.594. The highest BCUT2D eigenvalue weighted by molar-refractivity contribution is 6.05. The number of amides is 1. The van der Waals surface area contributed by atoms with Crippen molar-refractivity contribution >= 4 is 11.6 Å². The average molecular weight is 354 g/mol. The molecule has 0 aliphatic carbocycles. The largest absolute Gasteiger partial charge is 0.388 e. The van der Waals surface area contributed by atoms with Crippen molar-refractivity contribution in [1.82, 2.24) is 4.98 Å². The van der Waals surface area contributed by atoms with Crippen molar-refractivity contribution in [2.24, 2.45) is 0 Å². The summed E-state index contributed by atoms with van der Waals surface area (Å²) in [4.78, 5) is 16.4. The lowest BCUT2D eigenvalue weighted by atomic mass is 10.0. The molecule has 0 radical (unpaired) electrons. The summed E-state index contributed by atoms with van der Waals surface area (Å²) in [7, 11) is 0. The number of anilines is 1. The number of hydrogen-bond acceptors (Lipinski definition) is 3. The molecule has 1 aromatic carbocycles. The van der Waals surface area contributed by atoms with Crippen LogP contribution in [-0.2, 0) is 23.4 Å². The molecule has 2 heterocycles. The van der Waals surface area contributed by atoms with Crippen molar-refractivity contribution in [3.8, 4) is 0 Å². The number of halogens is 4. The van der Waals surface area contributed by atoms with Crippen molar-refractivity contribution in [2.75, 3.05) is 5.32 Å². The second-order valence-electron chi connectivity index (χ2n) is 5.69. The molecule has 3 rings (SSSR count). The molecule has 0 bridgehead atoms. The molecule has 1 aliphatic heterocycles. The summed E-state index contributed by atoms with van der Waals surface area (Å²) in [6, 6.07) is 3.23. The minimum absolute atomic E-state index is 0.0172. The maximum atomic E-state index is 13.7. The number of pyridine rings is 1. The van der Waals surface area contributed by atoms with E-state index in [1.54, 1.807) is 0 Å². The van der Waals surface area contributed by atoms with Crippen LogP contribution in [0.3, 0.4) is 0 Å². The van der Waals surface area contributed by atoms with Crippen LogP contribution in [0, 0.1) is 6.92 Å². The zero-order valence-electron chi connectivity index (χ0n) is 13.4. The molecule has 0 unspecified atom stereocenters. The molecule has 0 atom stereocenters. The lowest BCUT2D eigenvalue weighted by Crippen LogP contribution is -2.17. The third kappa shape index (κ3) is 2.97. The molecule has 1 N–H and O–H groups in total. The zero-order valence-corrected chi connectivity index (χ0v) is 13.4. The first-order chi connectivity index (χ1) is 11.7. The maximum absolute atomic E-state index is 13.7. The van der Waals surface area contributed by atoms with Crippen LogP contribution in [-0.4, -0.2) is 10.9 Å². The number of rotatable bonds is 3. The second-order valence-corrected chi connectivity index (χ2v) is 5.69. The number of carbonyl (C=O) groups excluding carboxylic acids is 1. The number of alkyl halides is 4. The average Bonchev–Trinajstić information content (AvgIpc) is 2.72. The van der Waals surface area contributed by atoms with Crippen LogP contribution in [0.4, 0.5) is 23.2 Å². The molecule has 8 heteroatoms. The molecule has 2 aromatic rings. The lowest BCUT2D eigenvalue weighted by Gasteiger charge is -2.13. The van der Waals surface area contributed by atoms with Gasteiger partial charge in [-0.15, -0.1) is 0 Å². The third-order valence-corrected chi connectivity index (χ3v) is 4.03. The molecule has 1 amide bonds. The Hall–Kier alpha value is -2.48. The van der Waals surface area contributed by atoms with Crippen molar-refractivity contribution in [2.45, 2.75) is 32.5 Å². The summed E-state index contributed by atoms with van der Waals surface area (Å²) in [6.07, 6.45) is -4.68. The second kappa shape index (κ2) is 5.80. The topological polar surface area (TPSA) is 51.2 Å². The summed E-state index contributed by atoms with van der Waals surface area (Å²) < 4.78 is 58.1. The van der Waals surface area contributed by atoms with Gasteiger partial charge in [-0.05, 0) is 42.7 Å². The maximum Gasteiger partial charge on any atom is 0.388 e. The summed E-state index contributed by atoms with van der Waals surface area (Å²) in [6.45, 7) is 3.28. The van der Waals surface area contributed by atoms with E-state index in [2.05, 4.69) is 15.0 Å². The molecule has 0 spiro atoms. The fourth-order valence-electron chi connectivity index (χ4n) is 2.72. The first kappa shape index (κ1) is 17.3. The van der Waals surface area contributed by atoms with Crippen molar-refractivity contribution in [3.05, 3.63) is 58.4 Å². The Morgan fingerprint density at radius 2 is 1.84 bits per heavy atom. The van der Waals surface area contributed by atoms with Gasteiger partial charge in [0.25, 0.3) is 5.91 Å². The van der Waals surface area contributed by atoms with Crippen LogP contribution in [0.15, 0.2) is 30.6 Å². The van der Waals surface area contributed by atoms with E-state index in [0.717, 1.165) is 12.1 Å². The van der Waals surface area contributed by atoms with Crippen LogP contribution in [0.25, 0.3) is 0 Å². The van der Waals surface area contributed by atoms with Crippen LogP contribution >= 0.6 is 0 Å². The number of ether oxygens (including phenoxy) is 1. The van der Waals surface area contributed by atoms with E-state index in [1.807, 2.05) is 6.92 Å². The standard InChI is InChI=1S/C17H14F4N2O2/c1-3-10-8-22-5-4-11(10)15(24)23-14-7-13-12(6-9(14)2)16(18,19)25-17(13,20)21/h4-8H,3H2,1-2H3,(H,23,24). The number of nitrogens with one attached hydrogen (secondary N) is 1. The van der Waals surface area contributed by atoms with Crippen molar-refractivity contribution in [1.29, 1.82) is 0 Å². The fourth-order valence-corrected chi connectivity index (χ4v) is 2.72. The first-order valence-corrected chi connectivity index (χ1v) is 7.51. The number of benzene rings is 1. The monoisotopic (exact) mass is 354 g/mol. The Morgan fingerprint density at radius 1 is 1.20 bits per heavy atom. The van der Waals surface area contributed by atoms with E-state index in [0.29, 0.717) is 17.5 Å². The van der Waals surface area contributed by atoms with Gasteiger partial charge in [-0.1, -0.05) is 6.92 Å². The Morgan fingerprint density at radius 3 is 2.48 bits per heavy atom. The van der Waals surface area contributed by atoms with E-state index in [1.165, 1.54) is 25.4 Å². The van der Waals surface area contributed by atoms with Gasteiger partial charge in [-0.2, -0.15) is 17.6 Å². The zero-order chi connectivity index (χ0) is 18.4. The quantitative estimate of drug-likeness (QED) is 0.835. The molecule has 0 saturated carbocycles. The molecule has 4 nitrogen and oxygen atoms in total. The first-order valence-electron chi connectivity index (χ1n) is 7.51. The van der Waals surface area contributed by atoms with E-state index in [4.69, 9.17) is 0 Å². The van der Waals surface area contributed by atoms with Gasteiger partial charge >= 0.3 is 12.2 Å². The minimum atomic E-state index is -4.13. The van der Waals surface area contributed by atoms with Crippen LogP contribution < -0.4 is 5.32 Å². The summed E-state index contributed by atoms with van der Waals surface area (Å²) in [5, 5.41) is 2.50. The van der Waals surface area contributed by atoms with Gasteiger partial charge in [-0.3, -0.25) is 9.78 Å². The Balaban J connectivity index is 1.99. The smallest absolute Gasteiger partial charge is 0.322 e. The van der Waals surface area contributed by atoms with Crippen LogP contribution in [0.2, 0.25) is 0 Å². The summed E-state index contributed by atoms with van der Waals surface area (Å²) >= 11 is 0. The van der Waals surface area contributed by atoms with Crippen molar-refractivity contribution < 1.29 is 27.1 Å². The van der Waals surface area contributed by atoms with Gasteiger partial charge in [0, 0.05) is 23.6 Å². The van der Waals surface area contributed by atoms with Crippen LogP contribution in [0.5, 0.6) is 0 Å². The molecule has 0 saturated heterocycles. The lowest BCUT2D eigenvalue weighted by molar-refractivity contribution is -0.369. The van der Waals surface area contributed by atoms with Gasteiger partial charge in [0.15, 0.2) is 0 Å². The van der Waals surface area contributed by atoms with Gasteiger partial charge in [0.05, 0.1) is 11.1 Å². The highest BCUT2D eigenvalue weighted by atomic mass is 19.3. The normalized spacial score (nSPS) is 17.2. The molecule has 1 aromatic heterocycles. The molecule has 132 valence electrons. The van der Waals surface area contributed by atoms with Gasteiger partial charge in [0.1, 0.15) is 0 Å². The number of aryl methyl sites for hydroxylation is 2. The Bertz CT molecular complexity index is 853. The molecular formula is C17H14F4N2O2. The number of nitrogens with zero attached hydrogens (tertiary/aromatic N) is 1. The number of carbonyl (C=O) groups is 1. The molecule has 0 fully saturated rings. The highest BCUT2D eigenvalue weighted by Crippen LogP contribution is 2.52. The predicted molar refractivity (Wildman–Crippen MR) is 81.6 cm³/mol. The fraction of sp³-hybridized carbons (Fsp3) is 0.294. The van der Waals surface area contributed by atoms with Gasteiger partial charge < -0.3 is 5.32 Å². The molecule has 25 heavy (non-hydrogen) atoms. The van der Waals surface area contributed by atoms with Crippen LogP contribution in [0.1, 0.15) is 39.5 Å². The van der Waals surface area contributed by atoms with E-state index < -0.39 is 29.3 Å². The third-order valence-electron chi connectivity index (χ3n) is 4.03. The molecule has 1 aliphatic rings. The van der Waals surface area contributed by atoms with Crippen molar-refractivity contribution in [3.63, 3.8) is 0 Å². The number of hydrogen-bond donors (Lipinski definition) is 1. The predicted octanol–water partition coefficient (Wildman–Crippen LogP) is 4.33. The minimum Gasteiger partial charge on any atom is -0.322 e. The highest BCUT2D eigenvalue weighted by Gasteiger charge is 2.57. The van der Waals surface area contributed by atoms with E-state index in [9.17, 15) is 22.4 Å². The van der Waals surface area contributed by atoms with E-state index in [-0.39, 0.29) is 11.3 Å². The summed E-state index contributed by atoms with van der Waals surface area (Å²) in [5.74, 6) is -0.531. The number of aromatic nitrogens is 1. The Labute approximate surface area is 140 Å². The van der Waals surface area contributed by atoms with E-state index >= 15 is 0 Å².